The van der Waals surface area contributed by atoms with Crippen molar-refractivity contribution in [3.8, 4) is 0 Å². The van der Waals surface area contributed by atoms with E-state index in [1.807, 2.05) is 12.1 Å². The molecule has 0 atom stereocenters. The van der Waals surface area contributed by atoms with Crippen LogP contribution in [0.25, 0.3) is 0 Å². The Morgan fingerprint density at radius 3 is 2.72 bits per heavy atom. The Labute approximate surface area is 165 Å². The Bertz CT molecular complexity index is 754. The summed E-state index contributed by atoms with van der Waals surface area (Å²) in [5.74, 6) is 1.12. The molecule has 0 radical (unpaired) electrons. The molecule has 1 fully saturated rings. The molecule has 1 aliphatic rings. The van der Waals surface area contributed by atoms with Gasteiger partial charge in [0.05, 0.1) is 17.8 Å². The van der Waals surface area contributed by atoms with Gasteiger partial charge in [-0.3, -0.25) is 0 Å². The number of methoxy groups -OCH3 is 1. The molecular weight excluding hydrogens is 427 g/mol. The van der Waals surface area contributed by atoms with Crippen LogP contribution < -0.4 is 10.6 Å². The summed E-state index contributed by atoms with van der Waals surface area (Å²) in [6.45, 7) is 0.450. The Kier molecular flexibility index (Phi) is 6.39. The van der Waals surface area contributed by atoms with Crippen LogP contribution in [0.2, 0.25) is 10.0 Å². The van der Waals surface area contributed by atoms with Crippen molar-refractivity contribution in [2.45, 2.75) is 38.3 Å². The van der Waals surface area contributed by atoms with Crippen LogP contribution in [0.1, 0.15) is 31.2 Å². The van der Waals surface area contributed by atoms with E-state index in [9.17, 15) is 0 Å². The second-order valence-corrected chi connectivity index (χ2v) is 7.61. The third-order valence-electron chi connectivity index (χ3n) is 4.10. The molecule has 0 unspecified atom stereocenters. The van der Waals surface area contributed by atoms with Gasteiger partial charge in [-0.05, 0) is 46.5 Å². The fourth-order valence-corrected chi connectivity index (χ4v) is 3.63. The summed E-state index contributed by atoms with van der Waals surface area (Å²) in [7, 11) is 1.64. The summed E-state index contributed by atoms with van der Waals surface area (Å²) < 4.78 is 6.02. The van der Waals surface area contributed by atoms with Gasteiger partial charge in [0.1, 0.15) is 5.02 Å². The first-order valence-corrected chi connectivity index (χ1v) is 9.64. The van der Waals surface area contributed by atoms with Gasteiger partial charge < -0.3 is 15.4 Å². The molecule has 0 saturated heterocycles. The number of ether oxygens (including phenoxy) is 1. The maximum Gasteiger partial charge on any atom is 0.229 e. The van der Waals surface area contributed by atoms with Crippen LogP contribution in [-0.4, -0.2) is 23.1 Å². The van der Waals surface area contributed by atoms with E-state index in [2.05, 4.69) is 36.5 Å². The van der Waals surface area contributed by atoms with E-state index < -0.39 is 0 Å². The van der Waals surface area contributed by atoms with Crippen molar-refractivity contribution in [1.82, 2.24) is 9.97 Å². The molecule has 1 heterocycles. The van der Waals surface area contributed by atoms with E-state index in [1.165, 1.54) is 12.8 Å². The number of hydrogen-bond acceptors (Lipinski definition) is 5. The van der Waals surface area contributed by atoms with Crippen LogP contribution in [0.3, 0.4) is 0 Å². The second kappa shape index (κ2) is 8.54. The highest BCUT2D eigenvalue weighted by Gasteiger charge is 2.17. The van der Waals surface area contributed by atoms with Crippen LogP contribution >= 0.6 is 39.1 Å². The standard InChI is InChI=1S/C17H19BrCl2N4O/c1-25-9-10-6-12(7-13(19)15(10)18)23-17-21-8-14(20)16(24-17)22-11-4-2-3-5-11/h6-8,11H,2-5,9H2,1H3,(H2,21,22,23,24). The zero-order chi connectivity index (χ0) is 17.8. The molecule has 1 aromatic heterocycles. The van der Waals surface area contributed by atoms with E-state index in [0.717, 1.165) is 28.6 Å². The Balaban J connectivity index is 1.80. The van der Waals surface area contributed by atoms with Crippen molar-refractivity contribution >= 4 is 56.6 Å². The Morgan fingerprint density at radius 1 is 1.24 bits per heavy atom. The van der Waals surface area contributed by atoms with Gasteiger partial charge in [0.15, 0.2) is 5.82 Å². The molecule has 1 aromatic carbocycles. The van der Waals surface area contributed by atoms with Crippen molar-refractivity contribution in [1.29, 1.82) is 0 Å². The summed E-state index contributed by atoms with van der Waals surface area (Å²) in [6.07, 6.45) is 6.37. The topological polar surface area (TPSA) is 59.1 Å². The van der Waals surface area contributed by atoms with Gasteiger partial charge in [-0.25, -0.2) is 4.98 Å². The monoisotopic (exact) mass is 444 g/mol. The lowest BCUT2D eigenvalue weighted by Crippen LogP contribution is -2.16. The van der Waals surface area contributed by atoms with Crippen LogP contribution in [0, 0.1) is 0 Å². The minimum absolute atomic E-state index is 0.427. The summed E-state index contributed by atoms with van der Waals surface area (Å²) in [5, 5.41) is 7.71. The normalized spacial score (nSPS) is 14.7. The molecule has 0 amide bonds. The van der Waals surface area contributed by atoms with Gasteiger partial charge in [0.25, 0.3) is 0 Å². The third-order valence-corrected chi connectivity index (χ3v) is 5.84. The molecule has 25 heavy (non-hydrogen) atoms. The van der Waals surface area contributed by atoms with Crippen molar-refractivity contribution < 1.29 is 4.74 Å². The van der Waals surface area contributed by atoms with Gasteiger partial charge in [-0.2, -0.15) is 4.98 Å². The summed E-state index contributed by atoms with van der Waals surface area (Å²) in [4.78, 5) is 8.76. The van der Waals surface area contributed by atoms with Crippen LogP contribution in [-0.2, 0) is 11.3 Å². The number of nitrogens with one attached hydrogen (secondary N) is 2. The largest absolute Gasteiger partial charge is 0.380 e. The van der Waals surface area contributed by atoms with Crippen LogP contribution in [0.5, 0.6) is 0 Å². The number of anilines is 3. The summed E-state index contributed by atoms with van der Waals surface area (Å²) in [5.41, 5.74) is 1.73. The number of nitrogens with zero attached hydrogens (tertiary/aromatic N) is 2. The zero-order valence-electron chi connectivity index (χ0n) is 13.8. The number of benzene rings is 1. The predicted octanol–water partition coefficient (Wildman–Crippen LogP) is 5.79. The Hall–Kier alpha value is -1.08. The van der Waals surface area contributed by atoms with E-state index in [0.29, 0.717) is 34.5 Å². The number of rotatable bonds is 6. The molecule has 134 valence electrons. The first-order valence-electron chi connectivity index (χ1n) is 8.09. The molecule has 2 N–H and O–H groups in total. The van der Waals surface area contributed by atoms with Gasteiger partial charge >= 0.3 is 0 Å². The molecular formula is C17H19BrCl2N4O. The van der Waals surface area contributed by atoms with Crippen molar-refractivity contribution in [2.24, 2.45) is 0 Å². The number of aromatic nitrogens is 2. The quantitative estimate of drug-likeness (QED) is 0.589. The highest BCUT2D eigenvalue weighted by Crippen LogP contribution is 2.32. The fourth-order valence-electron chi connectivity index (χ4n) is 2.90. The van der Waals surface area contributed by atoms with Crippen molar-refractivity contribution in [3.05, 3.63) is 38.4 Å². The highest BCUT2D eigenvalue weighted by atomic mass is 79.9. The zero-order valence-corrected chi connectivity index (χ0v) is 16.9. The Morgan fingerprint density at radius 2 is 2.00 bits per heavy atom. The molecule has 0 aliphatic heterocycles. The smallest absolute Gasteiger partial charge is 0.229 e. The van der Waals surface area contributed by atoms with E-state index in [1.54, 1.807) is 13.3 Å². The van der Waals surface area contributed by atoms with Crippen molar-refractivity contribution in [2.75, 3.05) is 17.7 Å². The fraction of sp³-hybridized carbons (Fsp3) is 0.412. The molecule has 8 heteroatoms. The SMILES string of the molecule is COCc1cc(Nc2ncc(Cl)c(NC3CCCC3)n2)cc(Cl)c1Br. The van der Waals surface area contributed by atoms with Gasteiger partial charge in [0.2, 0.25) is 5.95 Å². The summed E-state index contributed by atoms with van der Waals surface area (Å²) >= 11 is 16.0. The lowest BCUT2D eigenvalue weighted by atomic mass is 10.2. The molecule has 0 bridgehead atoms. The van der Waals surface area contributed by atoms with E-state index in [-0.39, 0.29) is 0 Å². The second-order valence-electron chi connectivity index (χ2n) is 6.01. The maximum atomic E-state index is 6.27. The van der Waals surface area contributed by atoms with E-state index in [4.69, 9.17) is 27.9 Å². The third kappa shape index (κ3) is 4.76. The van der Waals surface area contributed by atoms with Gasteiger partial charge in [0, 0.05) is 23.3 Å². The lowest BCUT2D eigenvalue weighted by Gasteiger charge is -2.15. The summed E-state index contributed by atoms with van der Waals surface area (Å²) in [6, 6.07) is 4.18. The minimum atomic E-state index is 0.427. The van der Waals surface area contributed by atoms with Crippen LogP contribution in [0.4, 0.5) is 17.5 Å². The molecule has 1 saturated carbocycles. The molecule has 3 rings (SSSR count). The average molecular weight is 446 g/mol. The molecule has 0 spiro atoms. The molecule has 5 nitrogen and oxygen atoms in total. The minimum Gasteiger partial charge on any atom is -0.380 e. The van der Waals surface area contributed by atoms with Crippen LogP contribution in [0.15, 0.2) is 22.8 Å². The first kappa shape index (κ1) is 18.7. The molecule has 1 aliphatic carbocycles. The molecule has 2 aromatic rings. The van der Waals surface area contributed by atoms with Gasteiger partial charge in [-0.1, -0.05) is 36.0 Å². The predicted molar refractivity (Wildman–Crippen MR) is 106 cm³/mol. The van der Waals surface area contributed by atoms with E-state index >= 15 is 0 Å². The average Bonchev–Trinajstić information content (AvgIpc) is 3.08. The lowest BCUT2D eigenvalue weighted by molar-refractivity contribution is 0.184. The maximum absolute atomic E-state index is 6.27. The number of halogens is 3. The van der Waals surface area contributed by atoms with Crippen molar-refractivity contribution in [3.63, 3.8) is 0 Å². The first-order chi connectivity index (χ1) is 12.1. The van der Waals surface area contributed by atoms with Gasteiger partial charge in [-0.15, -0.1) is 0 Å². The number of hydrogen-bond donors (Lipinski definition) is 2. The highest BCUT2D eigenvalue weighted by molar-refractivity contribution is 9.10.